The Hall–Kier alpha value is -1.98. The van der Waals surface area contributed by atoms with Gasteiger partial charge < -0.3 is 10.4 Å². The molecule has 0 aliphatic heterocycles. The van der Waals surface area contributed by atoms with Crippen LogP contribution in [0.4, 0.5) is 8.78 Å². The second kappa shape index (κ2) is 5.77. The Morgan fingerprint density at radius 1 is 1.26 bits per heavy atom. The number of carbonyl (C=O) groups is 2. The molecule has 2 N–H and O–H groups in total. The largest absolute Gasteiger partial charge is 0.481 e. The van der Waals surface area contributed by atoms with Gasteiger partial charge in [0.25, 0.3) is 0 Å². The first-order chi connectivity index (χ1) is 8.71. The Balaban J connectivity index is 2.73. The van der Waals surface area contributed by atoms with E-state index in [0.717, 1.165) is 12.1 Å². The smallest absolute Gasteiger partial charge is 0.305 e. The van der Waals surface area contributed by atoms with Crippen LogP contribution < -0.4 is 5.32 Å². The molecule has 0 spiro atoms. The molecular formula is C13H15F2NO3. The summed E-state index contributed by atoms with van der Waals surface area (Å²) in [6.07, 6.45) is -0.750. The van der Waals surface area contributed by atoms with Gasteiger partial charge in [-0.25, -0.2) is 8.78 Å². The average molecular weight is 271 g/mol. The summed E-state index contributed by atoms with van der Waals surface area (Å²) in [6.45, 7) is 3.05. The van der Waals surface area contributed by atoms with Gasteiger partial charge in [-0.2, -0.15) is 0 Å². The fraction of sp³-hybridized carbons (Fsp3) is 0.385. The number of hydrogen-bond donors (Lipinski definition) is 2. The lowest BCUT2D eigenvalue weighted by molar-refractivity contribution is -0.138. The Labute approximate surface area is 109 Å². The van der Waals surface area contributed by atoms with E-state index in [0.29, 0.717) is 0 Å². The van der Waals surface area contributed by atoms with E-state index in [4.69, 9.17) is 5.11 Å². The van der Waals surface area contributed by atoms with E-state index in [1.165, 1.54) is 19.9 Å². The van der Waals surface area contributed by atoms with Crippen molar-refractivity contribution in [2.45, 2.75) is 32.2 Å². The molecule has 0 bridgehead atoms. The van der Waals surface area contributed by atoms with Crippen molar-refractivity contribution in [2.75, 3.05) is 0 Å². The van der Waals surface area contributed by atoms with Gasteiger partial charge in [-0.1, -0.05) is 6.07 Å². The molecule has 6 heteroatoms. The van der Waals surface area contributed by atoms with E-state index in [2.05, 4.69) is 5.32 Å². The van der Waals surface area contributed by atoms with Gasteiger partial charge in [0.2, 0.25) is 5.91 Å². The molecule has 4 nitrogen and oxygen atoms in total. The van der Waals surface area contributed by atoms with Crippen LogP contribution >= 0.6 is 0 Å². The molecule has 0 aliphatic carbocycles. The molecule has 1 rings (SSSR count). The Morgan fingerprint density at radius 2 is 1.79 bits per heavy atom. The summed E-state index contributed by atoms with van der Waals surface area (Å²) < 4.78 is 26.7. The van der Waals surface area contributed by atoms with Gasteiger partial charge in [0, 0.05) is 11.1 Å². The third-order valence-electron chi connectivity index (χ3n) is 2.47. The molecule has 0 saturated carbocycles. The Kier molecular flexibility index (Phi) is 4.58. The number of nitrogens with one attached hydrogen (secondary N) is 1. The van der Waals surface area contributed by atoms with Crippen LogP contribution in [0.25, 0.3) is 0 Å². The first-order valence-electron chi connectivity index (χ1n) is 5.67. The van der Waals surface area contributed by atoms with Crippen molar-refractivity contribution in [1.29, 1.82) is 0 Å². The lowest BCUT2D eigenvalue weighted by Gasteiger charge is -2.24. The second-order valence-corrected chi connectivity index (χ2v) is 4.88. The van der Waals surface area contributed by atoms with E-state index in [1.54, 1.807) is 0 Å². The van der Waals surface area contributed by atoms with Gasteiger partial charge in [0.05, 0.1) is 12.8 Å². The summed E-state index contributed by atoms with van der Waals surface area (Å²) in [5.74, 6) is -3.30. The topological polar surface area (TPSA) is 66.4 Å². The first kappa shape index (κ1) is 15.1. The molecule has 0 aromatic heterocycles. The summed E-state index contributed by atoms with van der Waals surface area (Å²) in [5, 5.41) is 11.1. The lowest BCUT2D eigenvalue weighted by atomic mass is 10.00. The van der Waals surface area contributed by atoms with Gasteiger partial charge in [-0.15, -0.1) is 0 Å². The summed E-state index contributed by atoms with van der Waals surface area (Å²) >= 11 is 0. The molecule has 0 fully saturated rings. The zero-order chi connectivity index (χ0) is 14.6. The predicted octanol–water partition coefficient (Wildman–Crippen LogP) is 1.88. The van der Waals surface area contributed by atoms with Crippen LogP contribution in [0.3, 0.4) is 0 Å². The minimum absolute atomic E-state index is 0.279. The van der Waals surface area contributed by atoms with Crippen molar-refractivity contribution in [3.05, 3.63) is 35.4 Å². The zero-order valence-corrected chi connectivity index (χ0v) is 10.7. The summed E-state index contributed by atoms with van der Waals surface area (Å²) in [7, 11) is 0. The summed E-state index contributed by atoms with van der Waals surface area (Å²) in [4.78, 5) is 22.3. The molecule has 1 aromatic rings. The van der Waals surface area contributed by atoms with Crippen molar-refractivity contribution in [1.82, 2.24) is 5.32 Å². The number of rotatable bonds is 5. The van der Waals surface area contributed by atoms with Crippen molar-refractivity contribution >= 4 is 11.9 Å². The van der Waals surface area contributed by atoms with E-state index < -0.39 is 35.5 Å². The highest BCUT2D eigenvalue weighted by molar-refractivity contribution is 5.80. The molecule has 0 radical (unpaired) electrons. The monoisotopic (exact) mass is 271 g/mol. The maximum absolute atomic E-state index is 13.3. The third-order valence-corrected chi connectivity index (χ3v) is 2.47. The van der Waals surface area contributed by atoms with Crippen LogP contribution in [0.5, 0.6) is 0 Å². The number of aliphatic carboxylic acids is 1. The summed E-state index contributed by atoms with van der Waals surface area (Å²) in [5.41, 5.74) is -1.31. The quantitative estimate of drug-likeness (QED) is 0.859. The molecule has 104 valence electrons. The number of hydrogen-bond acceptors (Lipinski definition) is 2. The number of amides is 1. The van der Waals surface area contributed by atoms with Crippen LogP contribution in [0.1, 0.15) is 25.8 Å². The average Bonchev–Trinajstić information content (AvgIpc) is 2.20. The van der Waals surface area contributed by atoms with Crippen molar-refractivity contribution in [3.8, 4) is 0 Å². The normalized spacial score (nSPS) is 11.2. The number of halogens is 2. The first-order valence-corrected chi connectivity index (χ1v) is 5.67. The van der Waals surface area contributed by atoms with Gasteiger partial charge in [0.1, 0.15) is 11.6 Å². The standard InChI is InChI=1S/C13H15F2NO3/c1-13(2,7-12(18)19)16-11(17)6-8-9(14)4-3-5-10(8)15/h3-5H,6-7H2,1-2H3,(H,16,17)(H,18,19). The fourth-order valence-corrected chi connectivity index (χ4v) is 1.71. The lowest BCUT2D eigenvalue weighted by Crippen LogP contribution is -2.45. The fourth-order valence-electron chi connectivity index (χ4n) is 1.71. The highest BCUT2D eigenvalue weighted by atomic mass is 19.1. The van der Waals surface area contributed by atoms with Crippen LogP contribution in [-0.4, -0.2) is 22.5 Å². The van der Waals surface area contributed by atoms with Crippen LogP contribution in [0.15, 0.2) is 18.2 Å². The van der Waals surface area contributed by atoms with Crippen LogP contribution in [0.2, 0.25) is 0 Å². The van der Waals surface area contributed by atoms with Crippen LogP contribution in [-0.2, 0) is 16.0 Å². The molecule has 0 unspecified atom stereocenters. The maximum atomic E-state index is 13.3. The Bertz CT molecular complexity index is 480. The number of benzene rings is 1. The van der Waals surface area contributed by atoms with Gasteiger partial charge in [-0.05, 0) is 26.0 Å². The number of carboxylic acid groups (broad SMARTS) is 1. The molecule has 0 aliphatic rings. The minimum Gasteiger partial charge on any atom is -0.481 e. The third kappa shape index (κ3) is 4.65. The Morgan fingerprint density at radius 3 is 2.26 bits per heavy atom. The van der Waals surface area contributed by atoms with Crippen molar-refractivity contribution in [3.63, 3.8) is 0 Å². The highest BCUT2D eigenvalue weighted by Crippen LogP contribution is 2.14. The van der Waals surface area contributed by atoms with Gasteiger partial charge in [0.15, 0.2) is 0 Å². The second-order valence-electron chi connectivity index (χ2n) is 4.88. The van der Waals surface area contributed by atoms with Crippen molar-refractivity contribution in [2.24, 2.45) is 0 Å². The highest BCUT2D eigenvalue weighted by Gasteiger charge is 2.24. The SMILES string of the molecule is CC(C)(CC(=O)O)NC(=O)Cc1c(F)cccc1F. The van der Waals surface area contributed by atoms with E-state index in [1.807, 2.05) is 0 Å². The molecule has 19 heavy (non-hydrogen) atoms. The minimum atomic E-state index is -1.07. The molecule has 0 saturated heterocycles. The number of carbonyl (C=O) groups excluding carboxylic acids is 1. The molecule has 1 aromatic carbocycles. The molecule has 0 heterocycles. The van der Waals surface area contributed by atoms with Gasteiger partial charge in [-0.3, -0.25) is 9.59 Å². The predicted molar refractivity (Wildman–Crippen MR) is 64.5 cm³/mol. The number of carboxylic acids is 1. The summed E-state index contributed by atoms with van der Waals surface area (Å²) in [6, 6.07) is 3.34. The van der Waals surface area contributed by atoms with Crippen molar-refractivity contribution < 1.29 is 23.5 Å². The molecule has 0 atom stereocenters. The van der Waals surface area contributed by atoms with E-state index in [9.17, 15) is 18.4 Å². The molecule has 1 amide bonds. The van der Waals surface area contributed by atoms with Crippen LogP contribution in [0, 0.1) is 11.6 Å². The molecular weight excluding hydrogens is 256 g/mol. The van der Waals surface area contributed by atoms with E-state index >= 15 is 0 Å². The van der Waals surface area contributed by atoms with E-state index in [-0.39, 0.29) is 12.0 Å². The zero-order valence-electron chi connectivity index (χ0n) is 10.7. The maximum Gasteiger partial charge on any atom is 0.305 e. The van der Waals surface area contributed by atoms with Gasteiger partial charge >= 0.3 is 5.97 Å².